The molecule has 0 radical (unpaired) electrons. The molecule has 7 rings (SSSR count). The molecule has 3 N–H and O–H groups in total. The van der Waals surface area contributed by atoms with Crippen molar-refractivity contribution >= 4 is 5.97 Å². The Bertz CT molecular complexity index is 1130. The number of hydrogen-bond acceptors (Lipinski definition) is 3. The van der Waals surface area contributed by atoms with Crippen molar-refractivity contribution in [3.8, 4) is 28.4 Å². The first-order chi connectivity index (χ1) is 15.0. The monoisotopic (exact) mass is 414 g/mol. The number of imidazole rings is 1. The van der Waals surface area contributed by atoms with Gasteiger partial charge < -0.3 is 15.2 Å². The van der Waals surface area contributed by atoms with Gasteiger partial charge in [-0.25, -0.2) is 9.78 Å². The molecule has 1 aromatic heterocycles. The van der Waals surface area contributed by atoms with Crippen LogP contribution in [0.15, 0.2) is 48.7 Å². The average molecular weight is 415 g/mol. The summed E-state index contributed by atoms with van der Waals surface area (Å²) in [7, 11) is 0. The van der Waals surface area contributed by atoms with E-state index in [0.29, 0.717) is 11.6 Å². The number of aromatic nitrogens is 2. The molecular weight excluding hydrogens is 388 g/mol. The number of benzene rings is 2. The van der Waals surface area contributed by atoms with Crippen LogP contribution in [0.3, 0.4) is 0 Å². The molecule has 4 saturated carbocycles. The average Bonchev–Trinajstić information content (AvgIpc) is 3.23. The van der Waals surface area contributed by atoms with Crippen LogP contribution in [0, 0.1) is 17.8 Å². The first kappa shape index (κ1) is 18.7. The van der Waals surface area contributed by atoms with Gasteiger partial charge >= 0.3 is 5.97 Å². The summed E-state index contributed by atoms with van der Waals surface area (Å²) in [5.41, 5.74) is 4.29. The number of phenols is 1. The van der Waals surface area contributed by atoms with Crippen molar-refractivity contribution in [3.63, 3.8) is 0 Å². The number of carboxylic acids is 1. The van der Waals surface area contributed by atoms with E-state index in [0.717, 1.165) is 40.1 Å². The van der Waals surface area contributed by atoms with Gasteiger partial charge in [-0.05, 0) is 92.0 Å². The van der Waals surface area contributed by atoms with Gasteiger partial charge in [0.2, 0.25) is 0 Å². The molecule has 3 aromatic rings. The quantitative estimate of drug-likeness (QED) is 0.517. The van der Waals surface area contributed by atoms with E-state index in [2.05, 4.69) is 16.0 Å². The summed E-state index contributed by atoms with van der Waals surface area (Å²) in [6.45, 7) is 0. The van der Waals surface area contributed by atoms with Crippen LogP contribution in [0.25, 0.3) is 22.6 Å². The fourth-order valence-electron chi connectivity index (χ4n) is 6.95. The third-order valence-electron chi connectivity index (χ3n) is 7.90. The highest BCUT2D eigenvalue weighted by Crippen LogP contribution is 2.62. The highest BCUT2D eigenvalue weighted by molar-refractivity contribution is 5.88. The summed E-state index contributed by atoms with van der Waals surface area (Å²) >= 11 is 0. The van der Waals surface area contributed by atoms with E-state index in [1.54, 1.807) is 24.3 Å². The molecule has 0 spiro atoms. The Labute approximate surface area is 181 Å². The third kappa shape index (κ3) is 3.06. The molecule has 1 heterocycles. The molecule has 4 bridgehead atoms. The van der Waals surface area contributed by atoms with Crippen molar-refractivity contribution in [2.75, 3.05) is 0 Å². The van der Waals surface area contributed by atoms with Crippen LogP contribution in [0.1, 0.15) is 54.4 Å². The topological polar surface area (TPSA) is 86.2 Å². The summed E-state index contributed by atoms with van der Waals surface area (Å²) in [6.07, 6.45) is 9.58. The van der Waals surface area contributed by atoms with Crippen LogP contribution >= 0.6 is 0 Å². The fourth-order valence-corrected chi connectivity index (χ4v) is 6.95. The van der Waals surface area contributed by atoms with E-state index in [1.165, 1.54) is 38.5 Å². The fraction of sp³-hybridized carbons (Fsp3) is 0.385. The Morgan fingerprint density at radius 3 is 2.16 bits per heavy atom. The molecule has 0 atom stereocenters. The predicted molar refractivity (Wildman–Crippen MR) is 118 cm³/mol. The molecule has 0 unspecified atom stereocenters. The lowest BCUT2D eigenvalue weighted by atomic mass is 9.48. The van der Waals surface area contributed by atoms with Gasteiger partial charge in [-0.15, -0.1) is 0 Å². The summed E-state index contributed by atoms with van der Waals surface area (Å²) < 4.78 is 0. The highest BCUT2D eigenvalue weighted by atomic mass is 16.4. The summed E-state index contributed by atoms with van der Waals surface area (Å²) in [6, 6.07) is 12.7. The second-order valence-electron chi connectivity index (χ2n) is 9.96. The lowest BCUT2D eigenvalue weighted by Crippen LogP contribution is -2.48. The van der Waals surface area contributed by atoms with Crippen LogP contribution < -0.4 is 0 Å². The van der Waals surface area contributed by atoms with Gasteiger partial charge in [-0.1, -0.05) is 12.1 Å². The van der Waals surface area contributed by atoms with E-state index in [9.17, 15) is 9.90 Å². The number of hydrogen-bond donors (Lipinski definition) is 3. The molecule has 158 valence electrons. The zero-order valence-corrected chi connectivity index (χ0v) is 17.3. The molecule has 0 amide bonds. The smallest absolute Gasteiger partial charge is 0.335 e. The van der Waals surface area contributed by atoms with Crippen LogP contribution in [-0.4, -0.2) is 26.2 Å². The lowest BCUT2D eigenvalue weighted by molar-refractivity contribution is -0.00611. The SMILES string of the molecule is O=C(O)c1ccc(-c2ncc(-c3ccc(O)c(C45CC6CC(CC(C6)C4)C5)c3)[nH]2)cc1. The molecule has 2 aromatic carbocycles. The van der Waals surface area contributed by atoms with Crippen molar-refractivity contribution in [3.05, 3.63) is 59.8 Å². The number of rotatable bonds is 4. The Hall–Kier alpha value is -3.08. The molecule has 4 fully saturated rings. The minimum absolute atomic E-state index is 0.129. The standard InChI is InChI=1S/C26H26N2O3/c29-23-6-5-20(10-21(23)26-11-15-7-16(12-26)9-17(8-15)13-26)22-14-27-24(28-22)18-1-3-19(4-2-18)25(30)31/h1-6,10,14-17,29H,7-9,11-13H2,(H,27,28)(H,30,31). The van der Waals surface area contributed by atoms with Crippen molar-refractivity contribution in [2.45, 2.75) is 43.9 Å². The van der Waals surface area contributed by atoms with Gasteiger partial charge in [0.05, 0.1) is 17.5 Å². The van der Waals surface area contributed by atoms with Crippen molar-refractivity contribution in [1.82, 2.24) is 9.97 Å². The van der Waals surface area contributed by atoms with Gasteiger partial charge in [0, 0.05) is 16.7 Å². The Kier molecular flexibility index (Phi) is 4.04. The number of H-pyrrole nitrogens is 1. The number of nitrogens with zero attached hydrogens (tertiary/aromatic N) is 1. The number of aromatic carboxylic acids is 1. The zero-order chi connectivity index (χ0) is 21.2. The molecule has 31 heavy (non-hydrogen) atoms. The van der Waals surface area contributed by atoms with Gasteiger partial charge in [-0.2, -0.15) is 0 Å². The van der Waals surface area contributed by atoms with Crippen molar-refractivity contribution in [2.24, 2.45) is 17.8 Å². The maximum absolute atomic E-state index is 11.1. The van der Waals surface area contributed by atoms with Gasteiger partial charge in [0.15, 0.2) is 0 Å². The maximum atomic E-state index is 11.1. The number of phenolic OH excluding ortho intramolecular Hbond substituents is 1. The lowest BCUT2D eigenvalue weighted by Gasteiger charge is -2.57. The van der Waals surface area contributed by atoms with Crippen molar-refractivity contribution < 1.29 is 15.0 Å². The van der Waals surface area contributed by atoms with Crippen LogP contribution in [-0.2, 0) is 5.41 Å². The molecule has 0 saturated heterocycles. The van der Waals surface area contributed by atoms with E-state index >= 15 is 0 Å². The second kappa shape index (κ2) is 6.71. The van der Waals surface area contributed by atoms with Gasteiger partial charge in [-0.3, -0.25) is 0 Å². The Morgan fingerprint density at radius 1 is 0.935 bits per heavy atom. The third-order valence-corrected chi connectivity index (χ3v) is 7.90. The van der Waals surface area contributed by atoms with Gasteiger partial charge in [0.25, 0.3) is 0 Å². The van der Waals surface area contributed by atoms with Crippen LogP contribution in [0.2, 0.25) is 0 Å². The molecule has 0 aliphatic heterocycles. The largest absolute Gasteiger partial charge is 0.508 e. The molecule has 4 aliphatic carbocycles. The summed E-state index contributed by atoms with van der Waals surface area (Å²) in [5, 5.41) is 19.9. The van der Waals surface area contributed by atoms with Crippen molar-refractivity contribution in [1.29, 1.82) is 0 Å². The summed E-state index contributed by atoms with van der Waals surface area (Å²) in [5.74, 6) is 2.66. The minimum atomic E-state index is -0.937. The normalized spacial score (nSPS) is 28.7. The van der Waals surface area contributed by atoms with E-state index in [1.807, 2.05) is 18.3 Å². The van der Waals surface area contributed by atoms with Crippen LogP contribution in [0.4, 0.5) is 0 Å². The van der Waals surface area contributed by atoms with Crippen LogP contribution in [0.5, 0.6) is 5.75 Å². The molecule has 5 nitrogen and oxygen atoms in total. The number of nitrogens with one attached hydrogen (secondary N) is 1. The maximum Gasteiger partial charge on any atom is 0.335 e. The first-order valence-corrected chi connectivity index (χ1v) is 11.2. The highest BCUT2D eigenvalue weighted by Gasteiger charge is 2.52. The zero-order valence-electron chi connectivity index (χ0n) is 17.3. The Morgan fingerprint density at radius 2 is 1.55 bits per heavy atom. The molecule has 4 aliphatic rings. The Balaban J connectivity index is 1.34. The number of carboxylic acid groups (broad SMARTS) is 1. The molecule has 5 heteroatoms. The number of carbonyl (C=O) groups is 1. The molecular formula is C26H26N2O3. The van der Waals surface area contributed by atoms with Gasteiger partial charge in [0.1, 0.15) is 11.6 Å². The first-order valence-electron chi connectivity index (χ1n) is 11.2. The summed E-state index contributed by atoms with van der Waals surface area (Å²) in [4.78, 5) is 19.0. The van der Waals surface area contributed by atoms with E-state index in [-0.39, 0.29) is 11.0 Å². The minimum Gasteiger partial charge on any atom is -0.508 e. The second-order valence-corrected chi connectivity index (χ2v) is 9.96. The number of aromatic amines is 1. The number of aromatic hydroxyl groups is 1. The van der Waals surface area contributed by atoms with E-state index < -0.39 is 5.97 Å². The predicted octanol–water partition coefficient (Wildman–Crippen LogP) is 5.62. The van der Waals surface area contributed by atoms with E-state index in [4.69, 9.17) is 5.11 Å².